The van der Waals surface area contributed by atoms with Crippen molar-refractivity contribution in [2.24, 2.45) is 0 Å². The molecule has 180 valence electrons. The lowest BCUT2D eigenvalue weighted by Gasteiger charge is -2.22. The highest BCUT2D eigenvalue weighted by atomic mass is 19.1. The Bertz CT molecular complexity index is 1260. The zero-order chi connectivity index (χ0) is 24.9. The summed E-state index contributed by atoms with van der Waals surface area (Å²) in [6, 6.07) is 17.8. The van der Waals surface area contributed by atoms with Crippen LogP contribution in [-0.2, 0) is 22.6 Å². The number of carbonyl (C=O) groups excluding carboxylic acids is 3. The molecule has 1 aliphatic heterocycles. The van der Waals surface area contributed by atoms with Crippen LogP contribution < -0.4 is 14.8 Å². The molecule has 1 atom stereocenters. The van der Waals surface area contributed by atoms with Gasteiger partial charge in [0.25, 0.3) is 11.8 Å². The van der Waals surface area contributed by atoms with E-state index in [2.05, 4.69) is 5.32 Å². The van der Waals surface area contributed by atoms with Gasteiger partial charge in [-0.25, -0.2) is 4.39 Å². The van der Waals surface area contributed by atoms with Crippen LogP contribution in [0.5, 0.6) is 11.5 Å². The first-order chi connectivity index (χ1) is 16.8. The number of rotatable bonds is 6. The molecule has 0 aromatic heterocycles. The molecule has 3 aromatic carbocycles. The van der Waals surface area contributed by atoms with Crippen molar-refractivity contribution < 1.29 is 28.2 Å². The third kappa shape index (κ3) is 5.84. The first kappa shape index (κ1) is 23.9. The van der Waals surface area contributed by atoms with Crippen LogP contribution in [0.1, 0.15) is 35.3 Å². The summed E-state index contributed by atoms with van der Waals surface area (Å²) in [4.78, 5) is 38.8. The molecule has 0 spiro atoms. The molecular weight excluding hydrogens is 451 g/mol. The van der Waals surface area contributed by atoms with Gasteiger partial charge in [0.15, 0.2) is 6.10 Å². The number of nitrogens with zero attached hydrogens (tertiary/aromatic N) is 1. The highest BCUT2D eigenvalue weighted by molar-refractivity contribution is 6.06. The van der Waals surface area contributed by atoms with Crippen LogP contribution in [0.2, 0.25) is 0 Å². The van der Waals surface area contributed by atoms with E-state index < -0.39 is 18.0 Å². The van der Waals surface area contributed by atoms with Gasteiger partial charge in [0.1, 0.15) is 17.3 Å². The molecule has 1 heterocycles. The van der Waals surface area contributed by atoms with E-state index in [0.29, 0.717) is 30.9 Å². The number of para-hydroxylation sites is 1. The minimum Gasteiger partial charge on any atom is -0.481 e. The lowest BCUT2D eigenvalue weighted by atomic mass is 10.1. The number of esters is 1. The molecule has 3 aromatic rings. The van der Waals surface area contributed by atoms with E-state index in [9.17, 15) is 18.8 Å². The van der Waals surface area contributed by atoms with Gasteiger partial charge in [-0.15, -0.1) is 0 Å². The maximum Gasteiger partial charge on any atom is 0.308 e. The van der Waals surface area contributed by atoms with Crippen molar-refractivity contribution in [3.8, 4) is 11.5 Å². The van der Waals surface area contributed by atoms with Gasteiger partial charge in [0.2, 0.25) is 0 Å². The van der Waals surface area contributed by atoms with Gasteiger partial charge in [-0.2, -0.15) is 0 Å². The van der Waals surface area contributed by atoms with Gasteiger partial charge < -0.3 is 19.7 Å². The number of carbonyl (C=O) groups is 3. The highest BCUT2D eigenvalue weighted by Gasteiger charge is 2.28. The lowest BCUT2D eigenvalue weighted by molar-refractivity contribution is -0.137. The van der Waals surface area contributed by atoms with E-state index in [1.165, 1.54) is 19.1 Å². The molecule has 1 N–H and O–H groups in total. The summed E-state index contributed by atoms with van der Waals surface area (Å²) in [5.41, 5.74) is 2.40. The smallest absolute Gasteiger partial charge is 0.308 e. The van der Waals surface area contributed by atoms with Crippen molar-refractivity contribution in [3.63, 3.8) is 0 Å². The van der Waals surface area contributed by atoms with Gasteiger partial charge in [-0.3, -0.25) is 14.4 Å². The van der Waals surface area contributed by atoms with E-state index >= 15 is 0 Å². The van der Waals surface area contributed by atoms with Crippen LogP contribution >= 0.6 is 0 Å². The fourth-order valence-electron chi connectivity index (χ4n) is 3.88. The molecule has 1 unspecified atom stereocenters. The number of hydrogen-bond acceptors (Lipinski definition) is 5. The topological polar surface area (TPSA) is 84.9 Å². The maximum atomic E-state index is 13.2. The van der Waals surface area contributed by atoms with E-state index in [4.69, 9.17) is 9.47 Å². The van der Waals surface area contributed by atoms with E-state index in [-0.39, 0.29) is 23.0 Å². The van der Waals surface area contributed by atoms with Crippen LogP contribution in [0, 0.1) is 5.82 Å². The summed E-state index contributed by atoms with van der Waals surface area (Å²) in [6.07, 6.45) is -0.0993. The van der Waals surface area contributed by atoms with Gasteiger partial charge in [-0.05, 0) is 61.4 Å². The molecule has 2 amide bonds. The minimum atomic E-state index is -0.666. The van der Waals surface area contributed by atoms with Crippen LogP contribution in [-0.4, -0.2) is 35.3 Å². The molecule has 8 heteroatoms. The SMILES string of the molecule is CC(=O)Oc1ccccc1C(=O)Nc1ccc2c(c1)CN(CCc1ccc(F)cc1)C(=O)C(C)O2. The molecule has 0 radical (unpaired) electrons. The summed E-state index contributed by atoms with van der Waals surface area (Å²) in [6.45, 7) is 3.70. The fraction of sp³-hybridized carbons (Fsp3) is 0.222. The van der Waals surface area contributed by atoms with E-state index in [0.717, 1.165) is 11.1 Å². The Kier molecular flexibility index (Phi) is 7.10. The third-order valence-corrected chi connectivity index (χ3v) is 5.61. The Morgan fingerprint density at radius 3 is 2.60 bits per heavy atom. The van der Waals surface area contributed by atoms with Gasteiger partial charge in [0.05, 0.1) is 5.56 Å². The maximum absolute atomic E-state index is 13.2. The number of hydrogen-bond donors (Lipinski definition) is 1. The Morgan fingerprint density at radius 1 is 1.11 bits per heavy atom. The quantitative estimate of drug-likeness (QED) is 0.422. The Morgan fingerprint density at radius 2 is 1.86 bits per heavy atom. The molecular formula is C27H25FN2O5. The van der Waals surface area contributed by atoms with Crippen LogP contribution in [0.25, 0.3) is 0 Å². The van der Waals surface area contributed by atoms with E-state index in [1.807, 2.05) is 0 Å². The summed E-state index contributed by atoms with van der Waals surface area (Å²) >= 11 is 0. The molecule has 35 heavy (non-hydrogen) atoms. The second-order valence-corrected chi connectivity index (χ2v) is 8.26. The molecule has 0 bridgehead atoms. The number of ether oxygens (including phenoxy) is 2. The molecule has 7 nitrogen and oxygen atoms in total. The average molecular weight is 477 g/mol. The summed E-state index contributed by atoms with van der Waals surface area (Å²) in [5.74, 6) is -0.680. The van der Waals surface area contributed by atoms with Crippen molar-refractivity contribution in [1.29, 1.82) is 0 Å². The predicted molar refractivity (Wildman–Crippen MR) is 128 cm³/mol. The monoisotopic (exact) mass is 476 g/mol. The second kappa shape index (κ2) is 10.4. The van der Waals surface area contributed by atoms with Crippen LogP contribution in [0.15, 0.2) is 66.7 Å². The highest BCUT2D eigenvalue weighted by Crippen LogP contribution is 2.29. The van der Waals surface area contributed by atoms with Crippen molar-refractivity contribution >= 4 is 23.5 Å². The van der Waals surface area contributed by atoms with Crippen molar-refractivity contribution in [2.45, 2.75) is 32.9 Å². The minimum absolute atomic E-state index is 0.149. The molecule has 0 saturated carbocycles. The van der Waals surface area contributed by atoms with Crippen molar-refractivity contribution in [3.05, 3.63) is 89.2 Å². The first-order valence-corrected chi connectivity index (χ1v) is 11.2. The molecule has 0 aliphatic carbocycles. The Labute approximate surface area is 202 Å². The number of benzene rings is 3. The second-order valence-electron chi connectivity index (χ2n) is 8.26. The predicted octanol–water partition coefficient (Wildman–Crippen LogP) is 4.36. The number of amides is 2. The third-order valence-electron chi connectivity index (χ3n) is 5.61. The largest absolute Gasteiger partial charge is 0.481 e. The lowest BCUT2D eigenvalue weighted by Crippen LogP contribution is -2.39. The number of nitrogens with one attached hydrogen (secondary N) is 1. The van der Waals surface area contributed by atoms with Crippen molar-refractivity contribution in [2.75, 3.05) is 11.9 Å². The Hall–Kier alpha value is -4.20. The molecule has 0 fully saturated rings. The first-order valence-electron chi connectivity index (χ1n) is 11.2. The van der Waals surface area contributed by atoms with Gasteiger partial charge in [0, 0.05) is 31.3 Å². The summed E-state index contributed by atoms with van der Waals surface area (Å²) < 4.78 is 24.2. The Balaban J connectivity index is 1.52. The van der Waals surface area contributed by atoms with Crippen LogP contribution in [0.3, 0.4) is 0 Å². The molecule has 0 saturated heterocycles. The fourth-order valence-corrected chi connectivity index (χ4v) is 3.88. The van der Waals surface area contributed by atoms with Crippen molar-refractivity contribution in [1.82, 2.24) is 4.90 Å². The van der Waals surface area contributed by atoms with Gasteiger partial charge in [-0.1, -0.05) is 24.3 Å². The number of anilines is 1. The van der Waals surface area contributed by atoms with E-state index in [1.54, 1.807) is 66.4 Å². The normalized spacial score (nSPS) is 15.0. The molecule has 4 rings (SSSR count). The van der Waals surface area contributed by atoms with Gasteiger partial charge >= 0.3 is 5.97 Å². The summed E-state index contributed by atoms with van der Waals surface area (Å²) in [5, 5.41) is 2.82. The average Bonchev–Trinajstić information content (AvgIpc) is 2.94. The number of fused-ring (bicyclic) bond motifs is 1. The standard InChI is InChI=1S/C27H25FN2O5/c1-17-27(33)30(14-13-19-7-9-21(28)10-8-19)16-20-15-22(11-12-24(20)34-17)29-26(32)23-5-3-4-6-25(23)35-18(2)31/h3-12,15,17H,13-14,16H2,1-2H3,(H,29,32). The summed E-state index contributed by atoms with van der Waals surface area (Å²) in [7, 11) is 0. The van der Waals surface area contributed by atoms with Crippen LogP contribution in [0.4, 0.5) is 10.1 Å². The zero-order valence-electron chi connectivity index (χ0n) is 19.4. The number of halogens is 1. The zero-order valence-corrected chi connectivity index (χ0v) is 19.4. The molecule has 1 aliphatic rings.